The predicted octanol–water partition coefficient (Wildman–Crippen LogP) is 0.105. The molecule has 9 nitrogen and oxygen atoms in total. The number of urea groups is 1. The van der Waals surface area contributed by atoms with Gasteiger partial charge in [-0.2, -0.15) is 0 Å². The molecule has 2 amide bonds. The standard InChI is InChI=1S/C18H16BrFIN6O3/c19-13-10-12(6-7-14(13)20)23-16(25-21-29)15-17(27-30-26-15)24-18(28)22-9-8-11-4-2-1-3-5-11/h1-7,10,29H,8-9H2,(H,23,25)(H2,22,24,27,28)/q-1. The molecule has 0 aliphatic rings. The van der Waals surface area contributed by atoms with Crippen molar-refractivity contribution in [3.8, 4) is 0 Å². The molecule has 1 aromatic heterocycles. The molecule has 0 spiro atoms. The third-order valence-electron chi connectivity index (χ3n) is 3.79. The molecule has 0 unspecified atom stereocenters. The molecule has 0 saturated carbocycles. The molecule has 2 aromatic carbocycles. The summed E-state index contributed by atoms with van der Waals surface area (Å²) in [6, 6.07) is 13.5. The quantitative estimate of drug-likeness (QED) is 0.176. The van der Waals surface area contributed by atoms with Gasteiger partial charge in [0.25, 0.3) is 0 Å². The van der Waals surface area contributed by atoms with Gasteiger partial charge in [-0.15, -0.1) is 0 Å². The molecule has 3 aromatic rings. The average molecular weight is 590 g/mol. The van der Waals surface area contributed by atoms with E-state index in [0.29, 0.717) is 18.7 Å². The molecule has 158 valence electrons. The molecule has 0 radical (unpaired) electrons. The van der Waals surface area contributed by atoms with E-state index in [1.54, 1.807) is 0 Å². The molecular weight excluding hydrogens is 574 g/mol. The zero-order valence-corrected chi connectivity index (χ0v) is 19.0. The summed E-state index contributed by atoms with van der Waals surface area (Å²) in [6.45, 7) is 0.418. The SMILES string of the molecule is O=C(NCCc1ccccc1)Nc1nonc1C(=N[I-]O)Nc1ccc(F)c(Br)c1. The summed E-state index contributed by atoms with van der Waals surface area (Å²) in [5.74, 6) is -0.270. The van der Waals surface area contributed by atoms with Crippen LogP contribution in [0.25, 0.3) is 0 Å². The van der Waals surface area contributed by atoms with Gasteiger partial charge in [-0.25, -0.2) is 0 Å². The molecule has 0 aliphatic heterocycles. The van der Waals surface area contributed by atoms with Crippen LogP contribution in [0.5, 0.6) is 0 Å². The van der Waals surface area contributed by atoms with E-state index in [4.69, 9.17) is 4.63 Å². The summed E-state index contributed by atoms with van der Waals surface area (Å²) in [6.07, 6.45) is 0.667. The molecule has 0 atom stereocenters. The number of carbonyl (C=O) groups excluding carboxylic acids is 1. The van der Waals surface area contributed by atoms with Crippen molar-refractivity contribution in [2.45, 2.75) is 6.42 Å². The summed E-state index contributed by atoms with van der Waals surface area (Å²) in [4.78, 5) is 12.2. The number of hydrogen-bond donors (Lipinski definition) is 4. The van der Waals surface area contributed by atoms with Crippen molar-refractivity contribution >= 4 is 39.3 Å². The Balaban J connectivity index is 1.64. The Bertz CT molecular complexity index is 1030. The van der Waals surface area contributed by atoms with Crippen LogP contribution in [0, 0.1) is 5.82 Å². The second-order valence-electron chi connectivity index (χ2n) is 5.84. The van der Waals surface area contributed by atoms with Crippen molar-refractivity contribution in [3.63, 3.8) is 0 Å². The van der Waals surface area contributed by atoms with Crippen molar-refractivity contribution in [2.75, 3.05) is 17.2 Å². The summed E-state index contributed by atoms with van der Waals surface area (Å²) >= 11 is 1.58. The molecule has 0 fully saturated rings. The minimum atomic E-state index is -1.52. The zero-order chi connectivity index (χ0) is 21.3. The molecule has 30 heavy (non-hydrogen) atoms. The third-order valence-corrected chi connectivity index (χ3v) is 5.10. The fraction of sp³-hybridized carbons (Fsp3) is 0.111. The van der Waals surface area contributed by atoms with Gasteiger partial charge in [0.15, 0.2) is 0 Å². The Morgan fingerprint density at radius 3 is 2.73 bits per heavy atom. The maximum absolute atomic E-state index is 13.4. The maximum atomic E-state index is 13.4. The van der Waals surface area contributed by atoms with E-state index in [1.807, 2.05) is 30.3 Å². The van der Waals surface area contributed by atoms with Crippen molar-refractivity contribution in [2.24, 2.45) is 3.21 Å². The van der Waals surface area contributed by atoms with Crippen LogP contribution in [-0.4, -0.2) is 32.2 Å². The molecular formula is C18H16BrFIN6O3-. The van der Waals surface area contributed by atoms with Crippen molar-refractivity contribution < 1.29 is 39.1 Å². The summed E-state index contributed by atoms with van der Waals surface area (Å²) in [7, 11) is 0. The fourth-order valence-electron chi connectivity index (χ4n) is 2.41. The van der Waals surface area contributed by atoms with Gasteiger partial charge in [-0.3, -0.25) is 0 Å². The normalized spacial score (nSPS) is 11.4. The van der Waals surface area contributed by atoms with Crippen LogP contribution < -0.4 is 37.8 Å². The van der Waals surface area contributed by atoms with Crippen LogP contribution in [0.15, 0.2) is 60.8 Å². The van der Waals surface area contributed by atoms with E-state index in [2.05, 4.69) is 45.4 Å². The van der Waals surface area contributed by atoms with E-state index in [-0.39, 0.29) is 21.8 Å². The van der Waals surface area contributed by atoms with Gasteiger partial charge in [-0.05, 0) is 0 Å². The van der Waals surface area contributed by atoms with Crippen LogP contribution in [-0.2, 0) is 6.42 Å². The number of halogens is 3. The van der Waals surface area contributed by atoms with Crippen LogP contribution >= 0.6 is 15.9 Å². The number of amidine groups is 1. The second kappa shape index (κ2) is 11.0. The molecule has 1 heterocycles. The number of aromatic nitrogens is 2. The van der Waals surface area contributed by atoms with Gasteiger partial charge in [0.2, 0.25) is 0 Å². The number of carbonyl (C=O) groups is 1. The topological polar surface area (TPSA) is 125 Å². The van der Waals surface area contributed by atoms with Gasteiger partial charge in [0.05, 0.1) is 0 Å². The number of nitrogens with zero attached hydrogens (tertiary/aromatic N) is 3. The minimum absolute atomic E-state index is 0.0251. The molecule has 0 bridgehead atoms. The first-order chi connectivity index (χ1) is 14.6. The third kappa shape index (κ3) is 6.21. The Kier molecular flexibility index (Phi) is 8.10. The van der Waals surface area contributed by atoms with Crippen molar-refractivity contribution in [3.05, 3.63) is 70.1 Å². The molecule has 0 saturated heterocycles. The van der Waals surface area contributed by atoms with Crippen LogP contribution in [0.3, 0.4) is 0 Å². The van der Waals surface area contributed by atoms with Crippen LogP contribution in [0.2, 0.25) is 0 Å². The fourth-order valence-corrected chi connectivity index (χ4v) is 3.36. The summed E-state index contributed by atoms with van der Waals surface area (Å²) in [5.41, 5.74) is 1.68. The van der Waals surface area contributed by atoms with E-state index in [9.17, 15) is 12.6 Å². The van der Waals surface area contributed by atoms with E-state index in [0.717, 1.165) is 5.56 Å². The molecule has 0 aliphatic carbocycles. The molecule has 3 rings (SSSR count). The number of benzene rings is 2. The molecule has 12 heteroatoms. The number of anilines is 2. The van der Waals surface area contributed by atoms with Gasteiger partial charge in [0, 0.05) is 0 Å². The van der Waals surface area contributed by atoms with Crippen LogP contribution in [0.1, 0.15) is 11.3 Å². The van der Waals surface area contributed by atoms with Gasteiger partial charge < -0.3 is 0 Å². The second-order valence-corrected chi connectivity index (χ2v) is 7.61. The van der Waals surface area contributed by atoms with E-state index in [1.165, 1.54) is 18.2 Å². The Hall–Kier alpha value is -2.58. The van der Waals surface area contributed by atoms with Gasteiger partial charge in [-0.1, -0.05) is 6.07 Å². The first-order valence-corrected chi connectivity index (χ1v) is 11.3. The van der Waals surface area contributed by atoms with Crippen molar-refractivity contribution in [1.82, 2.24) is 15.6 Å². The number of hydrogen-bond acceptors (Lipinski definition) is 6. The Morgan fingerprint density at radius 2 is 2.00 bits per heavy atom. The van der Waals surface area contributed by atoms with Crippen molar-refractivity contribution in [1.29, 1.82) is 0 Å². The first-order valence-electron chi connectivity index (χ1n) is 8.56. The monoisotopic (exact) mass is 589 g/mol. The number of rotatable bonds is 7. The molecule has 4 N–H and O–H groups in total. The van der Waals surface area contributed by atoms with Gasteiger partial charge in [0.1, 0.15) is 0 Å². The van der Waals surface area contributed by atoms with Gasteiger partial charge >= 0.3 is 185 Å². The summed E-state index contributed by atoms with van der Waals surface area (Å²) in [5, 5.41) is 15.6. The zero-order valence-electron chi connectivity index (χ0n) is 15.3. The summed E-state index contributed by atoms with van der Waals surface area (Å²) < 4.78 is 31.8. The number of amides is 2. The average Bonchev–Trinajstić information content (AvgIpc) is 3.19. The van der Waals surface area contributed by atoms with E-state index >= 15 is 0 Å². The Morgan fingerprint density at radius 1 is 1.20 bits per heavy atom. The Labute approximate surface area is 190 Å². The number of nitrogens with one attached hydrogen (secondary N) is 3. The van der Waals surface area contributed by atoms with Crippen LogP contribution in [0.4, 0.5) is 20.7 Å². The van der Waals surface area contributed by atoms with E-state index < -0.39 is 33.7 Å². The first kappa shape index (κ1) is 22.1. The predicted molar refractivity (Wildman–Crippen MR) is 108 cm³/mol.